The maximum absolute atomic E-state index is 10.7. The van der Waals surface area contributed by atoms with Gasteiger partial charge in [0.05, 0.1) is 18.9 Å². The van der Waals surface area contributed by atoms with Gasteiger partial charge in [-0.15, -0.1) is 0 Å². The number of hydrogen-bond acceptors (Lipinski definition) is 6. The topological polar surface area (TPSA) is 147 Å². The lowest BCUT2D eigenvalue weighted by Gasteiger charge is -2.12. The molecule has 0 radical (unpaired) electrons. The molecule has 1 saturated heterocycles. The summed E-state index contributed by atoms with van der Waals surface area (Å²) >= 11 is 0. The van der Waals surface area contributed by atoms with Gasteiger partial charge in [-0.1, -0.05) is 0 Å². The van der Waals surface area contributed by atoms with Crippen molar-refractivity contribution in [3.05, 3.63) is 0 Å². The highest BCUT2D eigenvalue weighted by atomic mass is 16.4. The van der Waals surface area contributed by atoms with Crippen LogP contribution in [-0.4, -0.2) is 74.6 Å². The Bertz CT molecular complexity index is 373. The minimum absolute atomic E-state index is 0.150. The summed E-state index contributed by atoms with van der Waals surface area (Å²) < 4.78 is 0. The number of rotatable bonds is 9. The molecule has 0 aromatic rings. The highest BCUT2D eigenvalue weighted by Gasteiger charge is 2.46. The SMILES string of the molecule is O=C(O)CC(NCCN1C(O)C1CC(=O)O)C(=O)O. The van der Waals surface area contributed by atoms with Crippen LogP contribution in [0.15, 0.2) is 0 Å². The zero-order chi connectivity index (χ0) is 14.6. The molecule has 1 aliphatic heterocycles. The van der Waals surface area contributed by atoms with Gasteiger partial charge >= 0.3 is 17.9 Å². The fourth-order valence-corrected chi connectivity index (χ4v) is 1.80. The predicted molar refractivity (Wildman–Crippen MR) is 60.4 cm³/mol. The molecule has 0 aliphatic carbocycles. The molecule has 1 heterocycles. The first kappa shape index (κ1) is 15.3. The molecule has 9 heteroatoms. The van der Waals surface area contributed by atoms with Crippen molar-refractivity contribution in [3.8, 4) is 0 Å². The Morgan fingerprint density at radius 3 is 2.26 bits per heavy atom. The van der Waals surface area contributed by atoms with Crippen LogP contribution in [0.1, 0.15) is 12.8 Å². The fourth-order valence-electron chi connectivity index (χ4n) is 1.80. The molecule has 9 nitrogen and oxygen atoms in total. The Morgan fingerprint density at radius 2 is 1.79 bits per heavy atom. The van der Waals surface area contributed by atoms with Gasteiger partial charge in [0.1, 0.15) is 12.3 Å². The van der Waals surface area contributed by atoms with E-state index in [9.17, 15) is 19.5 Å². The van der Waals surface area contributed by atoms with Gasteiger partial charge in [0, 0.05) is 13.1 Å². The molecule has 4 atom stereocenters. The monoisotopic (exact) mass is 276 g/mol. The van der Waals surface area contributed by atoms with E-state index in [-0.39, 0.29) is 19.5 Å². The summed E-state index contributed by atoms with van der Waals surface area (Å²) in [5, 5.41) is 37.7. The molecule has 1 rings (SSSR count). The third-order valence-electron chi connectivity index (χ3n) is 2.84. The van der Waals surface area contributed by atoms with Gasteiger partial charge in [0.2, 0.25) is 0 Å². The van der Waals surface area contributed by atoms with Crippen LogP contribution in [-0.2, 0) is 14.4 Å². The van der Waals surface area contributed by atoms with Gasteiger partial charge in [-0.05, 0) is 0 Å². The number of nitrogens with one attached hydrogen (secondary N) is 1. The molecule has 1 aliphatic rings. The predicted octanol–water partition coefficient (Wildman–Crippen LogP) is -2.02. The molecule has 1 fully saturated rings. The summed E-state index contributed by atoms with van der Waals surface area (Å²) in [6.45, 7) is 0.403. The summed E-state index contributed by atoms with van der Waals surface area (Å²) in [4.78, 5) is 33.1. The molecule has 0 spiro atoms. The first-order valence-electron chi connectivity index (χ1n) is 5.66. The Kier molecular flexibility index (Phi) is 5.21. The van der Waals surface area contributed by atoms with Crippen LogP contribution in [0, 0.1) is 0 Å². The molecular weight excluding hydrogens is 260 g/mol. The van der Waals surface area contributed by atoms with Crippen LogP contribution in [0.3, 0.4) is 0 Å². The third kappa shape index (κ3) is 4.81. The van der Waals surface area contributed by atoms with Gasteiger partial charge in [-0.2, -0.15) is 0 Å². The Labute approximate surface area is 108 Å². The van der Waals surface area contributed by atoms with Crippen LogP contribution in [0.2, 0.25) is 0 Å². The smallest absolute Gasteiger partial charge is 0.321 e. The van der Waals surface area contributed by atoms with Crippen molar-refractivity contribution >= 4 is 17.9 Å². The fraction of sp³-hybridized carbons (Fsp3) is 0.700. The van der Waals surface area contributed by atoms with E-state index in [1.807, 2.05) is 0 Å². The van der Waals surface area contributed by atoms with Crippen molar-refractivity contribution in [1.82, 2.24) is 10.2 Å². The largest absolute Gasteiger partial charge is 0.481 e. The van der Waals surface area contributed by atoms with Crippen molar-refractivity contribution in [3.63, 3.8) is 0 Å². The summed E-state index contributed by atoms with van der Waals surface area (Å²) in [5.41, 5.74) is 0. The average Bonchev–Trinajstić information content (AvgIpc) is 2.85. The second kappa shape index (κ2) is 6.45. The molecular formula is C10H16N2O7. The van der Waals surface area contributed by atoms with Gasteiger partial charge in [0.15, 0.2) is 0 Å². The second-order valence-corrected chi connectivity index (χ2v) is 4.26. The van der Waals surface area contributed by atoms with E-state index in [0.717, 1.165) is 0 Å². The van der Waals surface area contributed by atoms with E-state index >= 15 is 0 Å². The number of aliphatic hydroxyl groups is 1. The van der Waals surface area contributed by atoms with Crippen LogP contribution in [0.25, 0.3) is 0 Å². The lowest BCUT2D eigenvalue weighted by molar-refractivity contribution is -0.145. The Balaban J connectivity index is 2.28. The first-order valence-corrected chi connectivity index (χ1v) is 5.66. The van der Waals surface area contributed by atoms with Crippen LogP contribution < -0.4 is 5.32 Å². The standard InChI is InChI=1S/C10H16N2O7/c13-7(14)3-5(10(18)19)11-1-2-12-6(9(12)17)4-8(15)16/h5-6,9,11,17H,1-4H2,(H,13,14)(H,15,16)(H,18,19). The first-order chi connectivity index (χ1) is 8.82. The van der Waals surface area contributed by atoms with Gasteiger partial charge in [0.25, 0.3) is 0 Å². The molecule has 19 heavy (non-hydrogen) atoms. The average molecular weight is 276 g/mol. The lowest BCUT2D eigenvalue weighted by Crippen LogP contribution is -2.41. The number of carbonyl (C=O) groups is 3. The van der Waals surface area contributed by atoms with E-state index < -0.39 is 42.6 Å². The third-order valence-corrected chi connectivity index (χ3v) is 2.84. The molecule has 0 bridgehead atoms. The quantitative estimate of drug-likeness (QED) is 0.301. The minimum Gasteiger partial charge on any atom is -0.481 e. The van der Waals surface area contributed by atoms with Crippen molar-refractivity contribution in [2.75, 3.05) is 13.1 Å². The maximum Gasteiger partial charge on any atom is 0.321 e. The van der Waals surface area contributed by atoms with Crippen molar-refractivity contribution in [2.45, 2.75) is 31.2 Å². The van der Waals surface area contributed by atoms with E-state index in [1.54, 1.807) is 0 Å². The van der Waals surface area contributed by atoms with E-state index in [4.69, 9.17) is 15.3 Å². The summed E-state index contributed by atoms with van der Waals surface area (Å²) in [7, 11) is 0. The zero-order valence-electron chi connectivity index (χ0n) is 10.0. The number of aliphatic carboxylic acids is 3. The molecule has 108 valence electrons. The van der Waals surface area contributed by atoms with Gasteiger partial charge in [-0.25, -0.2) is 0 Å². The highest BCUT2D eigenvalue weighted by molar-refractivity contribution is 5.80. The normalized spacial score (nSPS) is 26.7. The number of aliphatic hydroxyl groups excluding tert-OH is 1. The second-order valence-electron chi connectivity index (χ2n) is 4.26. The lowest BCUT2D eigenvalue weighted by atomic mass is 10.2. The Hall–Kier alpha value is -1.71. The summed E-state index contributed by atoms with van der Waals surface area (Å²) in [6.07, 6.45) is -1.56. The van der Waals surface area contributed by atoms with Crippen molar-refractivity contribution < 1.29 is 34.8 Å². The number of hydrogen-bond donors (Lipinski definition) is 5. The highest BCUT2D eigenvalue weighted by Crippen LogP contribution is 2.27. The van der Waals surface area contributed by atoms with E-state index in [0.29, 0.717) is 0 Å². The maximum atomic E-state index is 10.7. The molecule has 0 saturated carbocycles. The summed E-state index contributed by atoms with van der Waals surface area (Å²) in [6, 6.07) is -1.66. The van der Waals surface area contributed by atoms with Crippen LogP contribution in [0.5, 0.6) is 0 Å². The van der Waals surface area contributed by atoms with Gasteiger partial charge < -0.3 is 25.7 Å². The molecule has 0 aromatic carbocycles. The van der Waals surface area contributed by atoms with Gasteiger partial charge in [-0.3, -0.25) is 19.3 Å². The van der Waals surface area contributed by atoms with Crippen LogP contribution >= 0.6 is 0 Å². The number of nitrogens with zero attached hydrogens (tertiary/aromatic N) is 1. The van der Waals surface area contributed by atoms with E-state index in [1.165, 1.54) is 4.90 Å². The molecule has 5 N–H and O–H groups in total. The summed E-state index contributed by atoms with van der Waals surface area (Å²) in [5.74, 6) is -3.51. The zero-order valence-corrected chi connectivity index (χ0v) is 10.0. The number of carboxylic acid groups (broad SMARTS) is 3. The molecule has 4 unspecified atom stereocenters. The number of carboxylic acids is 3. The van der Waals surface area contributed by atoms with Crippen LogP contribution in [0.4, 0.5) is 0 Å². The van der Waals surface area contributed by atoms with Crippen molar-refractivity contribution in [1.29, 1.82) is 0 Å². The van der Waals surface area contributed by atoms with Crippen molar-refractivity contribution in [2.24, 2.45) is 0 Å². The molecule has 0 amide bonds. The van der Waals surface area contributed by atoms with E-state index in [2.05, 4.69) is 5.32 Å². The Morgan fingerprint density at radius 1 is 1.16 bits per heavy atom. The minimum atomic E-state index is -1.27. The molecule has 0 aromatic heterocycles.